The molecule has 1 unspecified atom stereocenters. The summed E-state index contributed by atoms with van der Waals surface area (Å²) in [5.41, 5.74) is -0.0653. The summed E-state index contributed by atoms with van der Waals surface area (Å²) < 4.78 is 5.32. The largest absolute Gasteiger partial charge is 0.507 e. The molecule has 140 valence electrons. The fourth-order valence-corrected chi connectivity index (χ4v) is 4.80. The van der Waals surface area contributed by atoms with Crippen LogP contribution in [0.5, 0.6) is 0 Å². The zero-order chi connectivity index (χ0) is 17.6. The topological polar surface area (TPSA) is 63.6 Å². The zero-order valence-electron chi connectivity index (χ0n) is 15.3. The van der Waals surface area contributed by atoms with E-state index in [9.17, 15) is 14.7 Å². The van der Waals surface area contributed by atoms with Gasteiger partial charge in [0.15, 0.2) is 17.6 Å². The van der Waals surface area contributed by atoms with Gasteiger partial charge in [-0.2, -0.15) is 0 Å². The number of cyclic esters (lactones) is 1. The normalized spacial score (nSPS) is 26.1. The molecule has 4 nitrogen and oxygen atoms in total. The van der Waals surface area contributed by atoms with Crippen molar-refractivity contribution in [1.82, 2.24) is 0 Å². The van der Waals surface area contributed by atoms with Crippen molar-refractivity contribution in [3.8, 4) is 0 Å². The maximum Gasteiger partial charge on any atom is 0.346 e. The van der Waals surface area contributed by atoms with Crippen LogP contribution in [0.4, 0.5) is 0 Å². The summed E-state index contributed by atoms with van der Waals surface area (Å²) in [6.07, 6.45) is 14.7. The maximum absolute atomic E-state index is 12.4. The van der Waals surface area contributed by atoms with Crippen LogP contribution in [0.25, 0.3) is 0 Å². The highest BCUT2D eigenvalue weighted by molar-refractivity contribution is 6.19. The van der Waals surface area contributed by atoms with Crippen molar-refractivity contribution < 1.29 is 19.4 Å². The van der Waals surface area contributed by atoms with E-state index < -0.39 is 12.1 Å². The summed E-state index contributed by atoms with van der Waals surface area (Å²) in [6.45, 7) is 0. The summed E-state index contributed by atoms with van der Waals surface area (Å²) in [5.74, 6) is 0.289. The third kappa shape index (κ3) is 4.86. The van der Waals surface area contributed by atoms with Crippen molar-refractivity contribution in [2.75, 3.05) is 0 Å². The lowest BCUT2D eigenvalue weighted by Gasteiger charge is -2.23. The van der Waals surface area contributed by atoms with E-state index in [1.807, 2.05) is 0 Å². The number of aliphatic hydroxyl groups is 1. The highest BCUT2D eigenvalue weighted by Crippen LogP contribution is 2.34. The molecule has 2 aliphatic carbocycles. The Labute approximate surface area is 151 Å². The SMILES string of the molecule is O=C(CCCC1CCCCC1)C1=C(O)C(CC2CCCCC2)OC1=O. The second-order valence-electron chi connectivity index (χ2n) is 8.21. The van der Waals surface area contributed by atoms with Crippen molar-refractivity contribution in [2.24, 2.45) is 11.8 Å². The molecule has 0 aromatic heterocycles. The minimum Gasteiger partial charge on any atom is -0.507 e. The molecule has 1 N–H and O–H groups in total. The van der Waals surface area contributed by atoms with Gasteiger partial charge in [-0.25, -0.2) is 4.79 Å². The van der Waals surface area contributed by atoms with Crippen LogP contribution in [0.3, 0.4) is 0 Å². The molecule has 1 atom stereocenters. The van der Waals surface area contributed by atoms with Gasteiger partial charge in [-0.05, 0) is 24.7 Å². The number of Topliss-reactive ketones (excluding diaryl/α,β-unsaturated/α-hetero) is 1. The van der Waals surface area contributed by atoms with Crippen molar-refractivity contribution in [3.05, 3.63) is 11.3 Å². The van der Waals surface area contributed by atoms with Crippen LogP contribution in [0, 0.1) is 11.8 Å². The second kappa shape index (κ2) is 8.86. The van der Waals surface area contributed by atoms with Gasteiger partial charge in [0, 0.05) is 6.42 Å². The molecular formula is C21H32O4. The molecule has 1 aliphatic heterocycles. The van der Waals surface area contributed by atoms with Crippen molar-refractivity contribution in [2.45, 2.75) is 96.0 Å². The van der Waals surface area contributed by atoms with Gasteiger partial charge in [0.25, 0.3) is 0 Å². The van der Waals surface area contributed by atoms with E-state index in [1.165, 1.54) is 51.4 Å². The first-order valence-corrected chi connectivity index (χ1v) is 10.3. The van der Waals surface area contributed by atoms with Gasteiger partial charge in [0.2, 0.25) is 0 Å². The van der Waals surface area contributed by atoms with Crippen LogP contribution in [0.1, 0.15) is 89.9 Å². The quantitative estimate of drug-likeness (QED) is 0.518. The molecule has 2 fully saturated rings. The molecule has 4 heteroatoms. The van der Waals surface area contributed by atoms with E-state index in [2.05, 4.69) is 0 Å². The summed E-state index contributed by atoms with van der Waals surface area (Å²) in [7, 11) is 0. The Kier molecular flexibility index (Phi) is 6.55. The Hall–Kier alpha value is -1.32. The van der Waals surface area contributed by atoms with E-state index in [0.717, 1.165) is 31.6 Å². The molecule has 0 saturated heterocycles. The van der Waals surface area contributed by atoms with E-state index in [-0.39, 0.29) is 17.1 Å². The van der Waals surface area contributed by atoms with Gasteiger partial charge in [-0.1, -0.05) is 70.6 Å². The van der Waals surface area contributed by atoms with Crippen LogP contribution in [0.15, 0.2) is 11.3 Å². The third-order valence-electron chi connectivity index (χ3n) is 6.31. The summed E-state index contributed by atoms with van der Waals surface area (Å²) in [5, 5.41) is 10.4. The molecule has 0 amide bonds. The van der Waals surface area contributed by atoms with Gasteiger partial charge in [0.1, 0.15) is 5.57 Å². The Morgan fingerprint density at radius 2 is 1.56 bits per heavy atom. The van der Waals surface area contributed by atoms with Crippen molar-refractivity contribution >= 4 is 11.8 Å². The number of carbonyl (C=O) groups excluding carboxylic acids is 2. The molecular weight excluding hydrogens is 316 g/mol. The van der Waals surface area contributed by atoms with Crippen LogP contribution >= 0.6 is 0 Å². The molecule has 0 radical (unpaired) electrons. The van der Waals surface area contributed by atoms with Crippen LogP contribution in [0.2, 0.25) is 0 Å². The highest BCUT2D eigenvalue weighted by atomic mass is 16.6. The molecule has 2 saturated carbocycles. The smallest absolute Gasteiger partial charge is 0.346 e. The number of ether oxygens (including phenoxy) is 1. The number of rotatable bonds is 7. The van der Waals surface area contributed by atoms with Gasteiger partial charge < -0.3 is 9.84 Å². The minimum absolute atomic E-state index is 0.0653. The third-order valence-corrected chi connectivity index (χ3v) is 6.31. The first-order valence-electron chi connectivity index (χ1n) is 10.3. The minimum atomic E-state index is -0.610. The first-order chi connectivity index (χ1) is 12.1. The molecule has 0 bridgehead atoms. The Bertz CT molecular complexity index is 510. The lowest BCUT2D eigenvalue weighted by atomic mass is 9.84. The fourth-order valence-electron chi connectivity index (χ4n) is 4.80. The van der Waals surface area contributed by atoms with E-state index in [4.69, 9.17) is 4.74 Å². The van der Waals surface area contributed by atoms with Crippen LogP contribution < -0.4 is 0 Å². The van der Waals surface area contributed by atoms with Gasteiger partial charge in [0.05, 0.1) is 0 Å². The lowest BCUT2D eigenvalue weighted by molar-refractivity contribution is -0.141. The van der Waals surface area contributed by atoms with E-state index in [1.54, 1.807) is 0 Å². The Balaban J connectivity index is 1.50. The summed E-state index contributed by atoms with van der Waals surface area (Å²) in [6, 6.07) is 0. The Morgan fingerprint density at radius 3 is 2.20 bits per heavy atom. The maximum atomic E-state index is 12.4. The van der Waals surface area contributed by atoms with Gasteiger partial charge in [-0.15, -0.1) is 0 Å². The number of hydrogen-bond donors (Lipinski definition) is 1. The molecule has 1 heterocycles. The average Bonchev–Trinajstić information content (AvgIpc) is 2.90. The van der Waals surface area contributed by atoms with Gasteiger partial charge in [-0.3, -0.25) is 4.79 Å². The van der Waals surface area contributed by atoms with E-state index in [0.29, 0.717) is 18.8 Å². The highest BCUT2D eigenvalue weighted by Gasteiger charge is 2.39. The average molecular weight is 348 g/mol. The lowest BCUT2D eigenvalue weighted by Crippen LogP contribution is -2.18. The predicted octanol–water partition coefficient (Wildman–Crippen LogP) is 5.01. The number of carbonyl (C=O) groups is 2. The number of ketones is 1. The number of esters is 1. The Morgan fingerprint density at radius 1 is 0.960 bits per heavy atom. The van der Waals surface area contributed by atoms with Crippen LogP contribution in [-0.2, 0) is 14.3 Å². The number of hydrogen-bond acceptors (Lipinski definition) is 4. The molecule has 0 aromatic rings. The van der Waals surface area contributed by atoms with E-state index >= 15 is 0 Å². The summed E-state index contributed by atoms with van der Waals surface area (Å²) >= 11 is 0. The number of aliphatic hydroxyl groups excluding tert-OH is 1. The van der Waals surface area contributed by atoms with Crippen LogP contribution in [-0.4, -0.2) is 23.0 Å². The predicted molar refractivity (Wildman–Crippen MR) is 96.2 cm³/mol. The molecule has 0 aromatic carbocycles. The van der Waals surface area contributed by atoms with Crippen molar-refractivity contribution in [3.63, 3.8) is 0 Å². The zero-order valence-corrected chi connectivity index (χ0v) is 15.3. The monoisotopic (exact) mass is 348 g/mol. The molecule has 25 heavy (non-hydrogen) atoms. The standard InChI is InChI=1S/C21H32O4/c22-17(13-7-12-15-8-3-1-4-9-15)19-20(23)18(25-21(19)24)14-16-10-5-2-6-11-16/h15-16,18,23H,1-14H2. The first kappa shape index (κ1) is 18.5. The van der Waals surface area contributed by atoms with Crippen molar-refractivity contribution in [1.29, 1.82) is 0 Å². The fraction of sp³-hybridized carbons (Fsp3) is 0.810. The summed E-state index contributed by atoms with van der Waals surface area (Å²) in [4.78, 5) is 24.5. The molecule has 3 rings (SSSR count). The second-order valence-corrected chi connectivity index (χ2v) is 8.21. The molecule has 0 spiro atoms. The molecule has 3 aliphatic rings. The van der Waals surface area contributed by atoms with Gasteiger partial charge >= 0.3 is 5.97 Å².